The van der Waals surface area contributed by atoms with Crippen LogP contribution in [0, 0.1) is 0 Å². The molecule has 1 heterocycles. The zero-order chi connectivity index (χ0) is 14.9. The second kappa shape index (κ2) is 5.54. The number of nitrogens with one attached hydrogen (secondary N) is 1. The minimum absolute atomic E-state index is 0.115. The molecule has 0 amide bonds. The highest BCUT2D eigenvalue weighted by Crippen LogP contribution is 2.14. The van der Waals surface area contributed by atoms with Crippen LogP contribution in [0.5, 0.6) is 0 Å². The molecule has 0 fully saturated rings. The average Bonchev–Trinajstić information content (AvgIpc) is 2.39. The smallest absolute Gasteiger partial charge is 0.334 e. The fourth-order valence-corrected chi connectivity index (χ4v) is 2.28. The van der Waals surface area contributed by atoms with E-state index in [2.05, 4.69) is 4.98 Å². The lowest BCUT2D eigenvalue weighted by atomic mass is 10.2. The van der Waals surface area contributed by atoms with E-state index < -0.39 is 5.69 Å². The van der Waals surface area contributed by atoms with Crippen molar-refractivity contribution in [2.75, 3.05) is 19.0 Å². The Hall–Kier alpha value is -2.01. The maximum absolute atomic E-state index is 12.3. The van der Waals surface area contributed by atoms with E-state index >= 15 is 0 Å². The third-order valence-corrected chi connectivity index (χ3v) is 3.45. The second-order valence-corrected chi connectivity index (χ2v) is 5.01. The number of rotatable bonds is 3. The molecule has 0 saturated heterocycles. The van der Waals surface area contributed by atoms with Gasteiger partial charge >= 0.3 is 5.69 Å². The van der Waals surface area contributed by atoms with E-state index in [1.807, 2.05) is 38.1 Å². The molecule has 0 aliphatic rings. The highest BCUT2D eigenvalue weighted by Gasteiger charge is 2.12. The van der Waals surface area contributed by atoms with Gasteiger partial charge in [0.1, 0.15) is 5.15 Å². The van der Waals surface area contributed by atoms with Crippen LogP contribution >= 0.6 is 11.6 Å². The van der Waals surface area contributed by atoms with Crippen LogP contribution in [0.25, 0.3) is 5.69 Å². The Kier molecular flexibility index (Phi) is 3.99. The number of aromatic amines is 1. The first-order valence-electron chi connectivity index (χ1n) is 6.27. The van der Waals surface area contributed by atoms with Crippen LogP contribution in [-0.4, -0.2) is 23.6 Å². The van der Waals surface area contributed by atoms with Gasteiger partial charge in [-0.05, 0) is 30.7 Å². The Morgan fingerprint density at radius 1 is 1.20 bits per heavy atom. The van der Waals surface area contributed by atoms with Crippen LogP contribution in [-0.2, 0) is 6.42 Å². The number of H-pyrrole nitrogens is 1. The lowest BCUT2D eigenvalue weighted by Gasteiger charge is -2.13. The van der Waals surface area contributed by atoms with Crippen molar-refractivity contribution in [3.05, 3.63) is 55.8 Å². The van der Waals surface area contributed by atoms with Crippen LogP contribution in [0.1, 0.15) is 12.5 Å². The van der Waals surface area contributed by atoms with Crippen molar-refractivity contribution in [1.82, 2.24) is 9.55 Å². The summed E-state index contributed by atoms with van der Waals surface area (Å²) in [7, 11) is 3.84. The van der Waals surface area contributed by atoms with Gasteiger partial charge in [0.15, 0.2) is 0 Å². The molecule has 1 aromatic carbocycles. The Labute approximate surface area is 121 Å². The van der Waals surface area contributed by atoms with E-state index in [9.17, 15) is 9.59 Å². The molecule has 1 N–H and O–H groups in total. The van der Waals surface area contributed by atoms with Crippen molar-refractivity contribution in [1.29, 1.82) is 0 Å². The molecule has 0 spiro atoms. The first kappa shape index (κ1) is 14.4. The molecular formula is C14H16ClN3O2. The van der Waals surface area contributed by atoms with Gasteiger partial charge < -0.3 is 4.90 Å². The van der Waals surface area contributed by atoms with Crippen LogP contribution in [0.15, 0.2) is 33.9 Å². The molecule has 0 unspecified atom stereocenters. The minimum Gasteiger partial charge on any atom is -0.378 e. The minimum atomic E-state index is -0.533. The molecule has 0 bridgehead atoms. The molecule has 0 saturated carbocycles. The van der Waals surface area contributed by atoms with Gasteiger partial charge in [0.05, 0.1) is 11.3 Å². The van der Waals surface area contributed by atoms with Crippen molar-refractivity contribution in [2.45, 2.75) is 13.3 Å². The van der Waals surface area contributed by atoms with Gasteiger partial charge in [0.2, 0.25) is 0 Å². The number of hydrogen-bond acceptors (Lipinski definition) is 3. The van der Waals surface area contributed by atoms with Gasteiger partial charge in [-0.2, -0.15) is 0 Å². The van der Waals surface area contributed by atoms with E-state index in [0.717, 1.165) is 10.3 Å². The lowest BCUT2D eigenvalue weighted by Crippen LogP contribution is -2.36. The molecule has 5 nitrogen and oxygen atoms in total. The molecule has 0 aliphatic heterocycles. The molecule has 20 heavy (non-hydrogen) atoms. The van der Waals surface area contributed by atoms with Gasteiger partial charge in [-0.25, -0.2) is 9.36 Å². The number of benzene rings is 1. The summed E-state index contributed by atoms with van der Waals surface area (Å²) in [6, 6.07) is 7.17. The lowest BCUT2D eigenvalue weighted by molar-refractivity contribution is 0.842. The molecular weight excluding hydrogens is 278 g/mol. The van der Waals surface area contributed by atoms with E-state index in [1.165, 1.54) is 0 Å². The van der Waals surface area contributed by atoms with Crippen LogP contribution < -0.4 is 16.1 Å². The number of nitrogens with zero attached hydrogens (tertiary/aromatic N) is 2. The number of halogens is 1. The SMILES string of the molecule is CCc1c(Cl)[nH]c(=O)n(-c2ccc(N(C)C)cc2)c1=O. The Bertz CT molecular complexity index is 730. The van der Waals surface area contributed by atoms with Gasteiger partial charge in [-0.1, -0.05) is 18.5 Å². The Balaban J connectivity index is 2.64. The van der Waals surface area contributed by atoms with Gasteiger partial charge in [-0.15, -0.1) is 0 Å². The number of hydrogen-bond donors (Lipinski definition) is 1. The summed E-state index contributed by atoms with van der Waals surface area (Å²) < 4.78 is 1.10. The summed E-state index contributed by atoms with van der Waals surface area (Å²) in [5, 5.41) is 0.115. The fourth-order valence-electron chi connectivity index (χ4n) is 1.99. The maximum Gasteiger partial charge on any atom is 0.334 e. The van der Waals surface area contributed by atoms with Gasteiger partial charge in [0.25, 0.3) is 5.56 Å². The highest BCUT2D eigenvalue weighted by atomic mass is 35.5. The van der Waals surface area contributed by atoms with Crippen molar-refractivity contribution in [2.24, 2.45) is 0 Å². The van der Waals surface area contributed by atoms with E-state index in [4.69, 9.17) is 11.6 Å². The Morgan fingerprint density at radius 2 is 1.80 bits per heavy atom. The molecule has 2 aromatic rings. The maximum atomic E-state index is 12.3. The van der Waals surface area contributed by atoms with Crippen LogP contribution in [0.2, 0.25) is 5.15 Å². The van der Waals surface area contributed by atoms with E-state index in [-0.39, 0.29) is 10.7 Å². The molecule has 0 aliphatic carbocycles. The first-order valence-corrected chi connectivity index (χ1v) is 6.65. The van der Waals surface area contributed by atoms with E-state index in [1.54, 1.807) is 12.1 Å². The third-order valence-electron chi connectivity index (χ3n) is 3.12. The molecule has 0 atom stereocenters. The number of anilines is 1. The van der Waals surface area contributed by atoms with Crippen molar-refractivity contribution >= 4 is 17.3 Å². The predicted molar refractivity (Wildman–Crippen MR) is 81.4 cm³/mol. The third kappa shape index (κ3) is 2.49. The zero-order valence-corrected chi connectivity index (χ0v) is 12.4. The van der Waals surface area contributed by atoms with Crippen LogP contribution in [0.4, 0.5) is 5.69 Å². The fraction of sp³-hybridized carbons (Fsp3) is 0.286. The molecule has 2 rings (SSSR count). The van der Waals surface area contributed by atoms with Crippen molar-refractivity contribution < 1.29 is 0 Å². The summed E-state index contributed by atoms with van der Waals surface area (Å²) in [4.78, 5) is 28.7. The summed E-state index contributed by atoms with van der Waals surface area (Å²) in [5.74, 6) is 0. The first-order chi connectivity index (χ1) is 9.45. The monoisotopic (exact) mass is 293 g/mol. The van der Waals surface area contributed by atoms with Crippen molar-refractivity contribution in [3.63, 3.8) is 0 Å². The number of aromatic nitrogens is 2. The molecule has 106 valence electrons. The summed E-state index contributed by atoms with van der Waals surface area (Å²) in [6.45, 7) is 1.82. The summed E-state index contributed by atoms with van der Waals surface area (Å²) in [6.07, 6.45) is 0.463. The summed E-state index contributed by atoms with van der Waals surface area (Å²) >= 11 is 5.89. The molecule has 1 aromatic heterocycles. The van der Waals surface area contributed by atoms with Crippen molar-refractivity contribution in [3.8, 4) is 5.69 Å². The largest absolute Gasteiger partial charge is 0.378 e. The van der Waals surface area contributed by atoms with Gasteiger partial charge in [-0.3, -0.25) is 9.78 Å². The highest BCUT2D eigenvalue weighted by molar-refractivity contribution is 6.30. The topological polar surface area (TPSA) is 58.1 Å². The molecule has 0 radical (unpaired) electrons. The zero-order valence-electron chi connectivity index (χ0n) is 11.6. The molecule has 6 heteroatoms. The average molecular weight is 294 g/mol. The standard InChI is InChI=1S/C14H16ClN3O2/c1-4-11-12(15)16-14(20)18(13(11)19)10-7-5-9(6-8-10)17(2)3/h5-8H,4H2,1-3H3,(H,16,20). The van der Waals surface area contributed by atoms with Gasteiger partial charge in [0, 0.05) is 19.8 Å². The second-order valence-electron chi connectivity index (χ2n) is 4.63. The van der Waals surface area contributed by atoms with E-state index in [0.29, 0.717) is 17.7 Å². The Morgan fingerprint density at radius 3 is 2.30 bits per heavy atom. The van der Waals surface area contributed by atoms with Crippen LogP contribution in [0.3, 0.4) is 0 Å². The predicted octanol–water partition coefficient (Wildman–Crippen LogP) is 1.81. The quantitative estimate of drug-likeness (QED) is 0.878. The normalized spacial score (nSPS) is 10.6. The summed E-state index contributed by atoms with van der Waals surface area (Å²) in [5.41, 5.74) is 1.01.